The zero-order chi connectivity index (χ0) is 24.5. The van der Waals surface area contributed by atoms with Crippen molar-refractivity contribution >= 4 is 17.4 Å². The van der Waals surface area contributed by atoms with Crippen LogP contribution >= 0.6 is 0 Å². The molecule has 1 aromatic heterocycles. The fraction of sp³-hybridized carbons (Fsp3) is 0.480. The van der Waals surface area contributed by atoms with Crippen molar-refractivity contribution in [3.8, 4) is 11.1 Å². The van der Waals surface area contributed by atoms with Crippen LogP contribution in [0.1, 0.15) is 43.2 Å². The molecule has 1 unspecified atom stereocenters. The molecule has 0 aliphatic carbocycles. The molecule has 0 saturated carbocycles. The van der Waals surface area contributed by atoms with E-state index in [1.807, 2.05) is 11.0 Å². The molecular formula is C25H31F2N7O. The van der Waals surface area contributed by atoms with Crippen molar-refractivity contribution in [2.24, 2.45) is 7.05 Å². The molecule has 4 heterocycles. The van der Waals surface area contributed by atoms with Crippen molar-refractivity contribution in [2.45, 2.75) is 44.6 Å². The molecule has 1 saturated heterocycles. The predicted octanol–water partition coefficient (Wildman–Crippen LogP) is 2.87. The monoisotopic (exact) mass is 483 g/mol. The molecule has 1 fully saturated rings. The quantitative estimate of drug-likeness (QED) is 0.387. The molecule has 3 aliphatic heterocycles. The highest BCUT2D eigenvalue weighted by Gasteiger charge is 2.29. The first-order valence-corrected chi connectivity index (χ1v) is 12.2. The van der Waals surface area contributed by atoms with E-state index in [1.54, 1.807) is 30.2 Å². The summed E-state index contributed by atoms with van der Waals surface area (Å²) in [4.78, 5) is 13.7. The Morgan fingerprint density at radius 3 is 2.89 bits per heavy atom. The summed E-state index contributed by atoms with van der Waals surface area (Å²) in [5.74, 6) is 0.365. The van der Waals surface area contributed by atoms with Crippen LogP contribution in [0.4, 0.5) is 14.5 Å². The molecule has 1 aromatic carbocycles. The van der Waals surface area contributed by atoms with Gasteiger partial charge in [-0.3, -0.25) is 14.9 Å². The minimum absolute atomic E-state index is 0.0359. The van der Waals surface area contributed by atoms with Gasteiger partial charge in [-0.2, -0.15) is 5.10 Å². The van der Waals surface area contributed by atoms with Gasteiger partial charge in [-0.25, -0.2) is 8.78 Å². The van der Waals surface area contributed by atoms with Crippen LogP contribution in [0.25, 0.3) is 11.1 Å². The molecule has 0 spiro atoms. The van der Waals surface area contributed by atoms with Gasteiger partial charge in [0.05, 0.1) is 6.20 Å². The maximum Gasteiger partial charge on any atom is 0.264 e. The number of aryl methyl sites for hydroxylation is 2. The third-order valence-electron chi connectivity index (χ3n) is 7.02. The van der Waals surface area contributed by atoms with Gasteiger partial charge in [-0.1, -0.05) is 0 Å². The van der Waals surface area contributed by atoms with E-state index in [9.17, 15) is 13.6 Å². The number of aromatic nitrogens is 2. The van der Waals surface area contributed by atoms with Gasteiger partial charge in [-0.15, -0.1) is 0 Å². The van der Waals surface area contributed by atoms with Crippen molar-refractivity contribution in [3.05, 3.63) is 46.9 Å². The fourth-order valence-corrected chi connectivity index (χ4v) is 5.26. The normalized spacial score (nSPS) is 20.6. The van der Waals surface area contributed by atoms with Crippen molar-refractivity contribution in [1.29, 1.82) is 5.41 Å². The summed E-state index contributed by atoms with van der Waals surface area (Å²) < 4.78 is 29.9. The summed E-state index contributed by atoms with van der Waals surface area (Å²) >= 11 is 0. The van der Waals surface area contributed by atoms with Crippen LogP contribution in [0, 0.1) is 5.41 Å². The number of fused-ring (bicyclic) bond motifs is 1. The maximum absolute atomic E-state index is 14.2. The van der Waals surface area contributed by atoms with E-state index in [1.165, 1.54) is 0 Å². The second-order valence-corrected chi connectivity index (χ2v) is 9.44. The summed E-state index contributed by atoms with van der Waals surface area (Å²) in [6.45, 7) is 2.56. The Morgan fingerprint density at radius 2 is 2.14 bits per heavy atom. The first kappa shape index (κ1) is 23.5. The number of rotatable bonds is 5. The highest BCUT2D eigenvalue weighted by Crippen LogP contribution is 2.39. The van der Waals surface area contributed by atoms with E-state index in [0.717, 1.165) is 49.1 Å². The van der Waals surface area contributed by atoms with Crippen LogP contribution in [0.15, 0.2) is 35.8 Å². The van der Waals surface area contributed by atoms with Gasteiger partial charge in [0, 0.05) is 86.4 Å². The minimum atomic E-state index is -2.64. The van der Waals surface area contributed by atoms with E-state index in [0.29, 0.717) is 48.7 Å². The number of benzene rings is 1. The second-order valence-electron chi connectivity index (χ2n) is 9.44. The molecule has 4 N–H and O–H groups in total. The molecule has 10 heteroatoms. The Hall–Kier alpha value is -3.27. The number of halogens is 2. The molecular weight excluding hydrogens is 452 g/mol. The first-order valence-electron chi connectivity index (χ1n) is 12.2. The van der Waals surface area contributed by atoms with Gasteiger partial charge < -0.3 is 20.9 Å². The lowest BCUT2D eigenvalue weighted by molar-refractivity contribution is -0.122. The average molecular weight is 484 g/mol. The van der Waals surface area contributed by atoms with Crippen LogP contribution < -0.4 is 20.9 Å². The summed E-state index contributed by atoms with van der Waals surface area (Å²) in [6, 6.07) is 3.45. The number of piperidine rings is 1. The largest absolute Gasteiger partial charge is 0.385 e. The molecule has 3 aliphatic rings. The number of hydrogen-bond donors (Lipinski definition) is 4. The Balaban J connectivity index is 1.49. The van der Waals surface area contributed by atoms with Gasteiger partial charge in [0.25, 0.3) is 6.43 Å². The van der Waals surface area contributed by atoms with E-state index in [2.05, 4.69) is 21.0 Å². The molecule has 0 bridgehead atoms. The Morgan fingerprint density at radius 1 is 1.29 bits per heavy atom. The Labute approximate surface area is 203 Å². The van der Waals surface area contributed by atoms with Crippen LogP contribution in [0.5, 0.6) is 0 Å². The first-order chi connectivity index (χ1) is 16.9. The summed E-state index contributed by atoms with van der Waals surface area (Å²) in [5.41, 5.74) is 4.58. The summed E-state index contributed by atoms with van der Waals surface area (Å²) in [5, 5.41) is 23.0. The van der Waals surface area contributed by atoms with Gasteiger partial charge in [-0.05, 0) is 42.5 Å². The zero-order valence-corrected chi connectivity index (χ0v) is 19.8. The minimum Gasteiger partial charge on any atom is -0.385 e. The lowest BCUT2D eigenvalue weighted by atomic mass is 9.92. The number of carbonyl (C=O) groups is 1. The molecule has 186 valence electrons. The standard InChI is InChI=1S/C25H31F2N7O/c1-33-14-16(12-31-33)18-9-15-3-2-8-34(22(15)11-19(18)24(26)27)25(28)20-13-29-6-5-21(20)32-17-4-7-30-23(35)10-17/h9,11-12,14,17,24,28-29,32H,2-8,10,13H2,1H3,(H,30,35). The molecule has 2 aromatic rings. The number of anilines is 1. The van der Waals surface area contributed by atoms with Gasteiger partial charge in [0.1, 0.15) is 5.84 Å². The molecule has 1 atom stereocenters. The molecule has 35 heavy (non-hydrogen) atoms. The average Bonchev–Trinajstić information content (AvgIpc) is 3.29. The topological polar surface area (TPSA) is 98.1 Å². The fourth-order valence-electron chi connectivity index (χ4n) is 5.26. The van der Waals surface area contributed by atoms with E-state index >= 15 is 0 Å². The summed E-state index contributed by atoms with van der Waals surface area (Å²) in [7, 11) is 1.77. The third kappa shape index (κ3) is 4.80. The van der Waals surface area contributed by atoms with Gasteiger partial charge in [0.15, 0.2) is 0 Å². The van der Waals surface area contributed by atoms with Crippen molar-refractivity contribution in [2.75, 3.05) is 31.1 Å². The highest BCUT2D eigenvalue weighted by molar-refractivity contribution is 6.09. The maximum atomic E-state index is 14.2. The van der Waals surface area contributed by atoms with E-state index in [4.69, 9.17) is 5.41 Å². The molecule has 5 rings (SSSR count). The summed E-state index contributed by atoms with van der Waals surface area (Å²) in [6.07, 6.45) is 4.31. The number of carbonyl (C=O) groups excluding carboxylic acids is 1. The van der Waals surface area contributed by atoms with Crippen LogP contribution in [-0.2, 0) is 18.3 Å². The molecule has 0 radical (unpaired) electrons. The number of nitrogens with one attached hydrogen (secondary N) is 4. The Bertz CT molecular complexity index is 1170. The highest BCUT2D eigenvalue weighted by atomic mass is 19.3. The van der Waals surface area contributed by atoms with Crippen molar-refractivity contribution in [3.63, 3.8) is 0 Å². The van der Waals surface area contributed by atoms with Crippen molar-refractivity contribution < 1.29 is 13.6 Å². The van der Waals surface area contributed by atoms with Gasteiger partial charge in [0.2, 0.25) is 5.91 Å². The lowest BCUT2D eigenvalue weighted by Crippen LogP contribution is -2.46. The van der Waals surface area contributed by atoms with Crippen molar-refractivity contribution in [1.82, 2.24) is 25.7 Å². The zero-order valence-electron chi connectivity index (χ0n) is 19.8. The number of amidine groups is 1. The predicted molar refractivity (Wildman–Crippen MR) is 131 cm³/mol. The second kappa shape index (κ2) is 9.77. The van der Waals surface area contributed by atoms with Gasteiger partial charge >= 0.3 is 0 Å². The number of hydrogen-bond acceptors (Lipinski definition) is 5. The number of nitrogens with zero attached hydrogens (tertiary/aromatic N) is 3. The molecule has 1 amide bonds. The van der Waals surface area contributed by atoms with E-state index < -0.39 is 6.43 Å². The Kier molecular flexibility index (Phi) is 6.55. The van der Waals surface area contributed by atoms with E-state index in [-0.39, 0.29) is 17.5 Å². The molecule has 8 nitrogen and oxygen atoms in total. The number of amides is 1. The third-order valence-corrected chi connectivity index (χ3v) is 7.02. The lowest BCUT2D eigenvalue weighted by Gasteiger charge is -2.36. The van der Waals surface area contributed by atoms with Crippen LogP contribution in [0.3, 0.4) is 0 Å². The number of alkyl halides is 2. The SMILES string of the molecule is Cn1cc(-c2cc3c(cc2C(F)F)N(C(=N)C2=C(NC4CCNC(=O)C4)CCNC2)CCC3)cn1. The van der Waals surface area contributed by atoms with Crippen LogP contribution in [-0.4, -0.2) is 53.7 Å². The smallest absolute Gasteiger partial charge is 0.264 e. The van der Waals surface area contributed by atoms with Crippen LogP contribution in [0.2, 0.25) is 0 Å².